The second-order valence-corrected chi connectivity index (χ2v) is 9.65. The van der Waals surface area contributed by atoms with Gasteiger partial charge >= 0.3 is 5.97 Å². The molecule has 8 atom stereocenters. The Labute approximate surface area is 178 Å². The first-order valence-corrected chi connectivity index (χ1v) is 11.7. The maximum Gasteiger partial charge on any atom is 0.305 e. The fourth-order valence-electron chi connectivity index (χ4n) is 4.48. The highest BCUT2D eigenvalue weighted by atomic mass is 79.9. The Morgan fingerprint density at radius 3 is 2.75 bits per heavy atom. The molecule has 2 rings (SSSR count). The average molecular weight is 461 g/mol. The minimum atomic E-state index is -0.460. The van der Waals surface area contributed by atoms with Gasteiger partial charge in [-0.25, -0.2) is 0 Å². The maximum absolute atomic E-state index is 11.3. The van der Waals surface area contributed by atoms with Crippen LogP contribution in [0, 0.1) is 17.8 Å². The minimum absolute atomic E-state index is 0.0396. The first-order valence-electron chi connectivity index (χ1n) is 10.8. The van der Waals surface area contributed by atoms with Gasteiger partial charge in [-0.3, -0.25) is 4.79 Å². The largest absolute Gasteiger partial charge is 0.469 e. The van der Waals surface area contributed by atoms with Crippen LogP contribution in [0.2, 0.25) is 0 Å². The fourth-order valence-corrected chi connectivity index (χ4v) is 5.14. The van der Waals surface area contributed by atoms with E-state index in [1.807, 2.05) is 12.2 Å². The van der Waals surface area contributed by atoms with Crippen molar-refractivity contribution in [2.24, 2.45) is 17.8 Å². The van der Waals surface area contributed by atoms with E-state index in [-0.39, 0.29) is 40.8 Å². The summed E-state index contributed by atoms with van der Waals surface area (Å²) in [6, 6.07) is 0. The van der Waals surface area contributed by atoms with Crippen LogP contribution in [0.3, 0.4) is 0 Å². The Hall–Kier alpha value is -0.430. The van der Waals surface area contributed by atoms with Crippen molar-refractivity contribution in [3.63, 3.8) is 0 Å². The van der Waals surface area contributed by atoms with Crippen molar-refractivity contribution in [3.05, 3.63) is 12.2 Å². The monoisotopic (exact) mass is 460 g/mol. The molecule has 0 aromatic carbocycles. The number of aliphatic hydroxyl groups excluding tert-OH is 2. The van der Waals surface area contributed by atoms with Gasteiger partial charge < -0.3 is 19.7 Å². The fraction of sp³-hybridized carbons (Fsp3) is 0.864. The highest BCUT2D eigenvalue weighted by Crippen LogP contribution is 2.46. The third kappa shape index (κ3) is 6.54. The van der Waals surface area contributed by atoms with Gasteiger partial charge in [-0.2, -0.15) is 0 Å². The number of hydrogen-bond donors (Lipinski definition) is 2. The van der Waals surface area contributed by atoms with E-state index in [1.165, 1.54) is 7.11 Å². The number of halogens is 1. The summed E-state index contributed by atoms with van der Waals surface area (Å²) in [6.45, 7) is 4.24. The van der Waals surface area contributed by atoms with Crippen LogP contribution < -0.4 is 0 Å². The van der Waals surface area contributed by atoms with Crippen LogP contribution in [-0.4, -0.2) is 52.5 Å². The second-order valence-electron chi connectivity index (χ2n) is 8.47. The van der Waals surface area contributed by atoms with E-state index in [0.29, 0.717) is 12.8 Å². The lowest BCUT2D eigenvalue weighted by Crippen LogP contribution is -2.24. The molecule has 2 aliphatic rings. The second kappa shape index (κ2) is 11.7. The molecule has 1 saturated carbocycles. The lowest BCUT2D eigenvalue weighted by atomic mass is 9.88. The number of methoxy groups -OCH3 is 1. The van der Waals surface area contributed by atoms with Crippen molar-refractivity contribution in [1.29, 1.82) is 0 Å². The van der Waals surface area contributed by atoms with Gasteiger partial charge in [-0.15, -0.1) is 0 Å². The number of unbranched alkanes of at least 4 members (excludes halogenated alkanes) is 1. The van der Waals surface area contributed by atoms with Crippen molar-refractivity contribution in [3.8, 4) is 0 Å². The van der Waals surface area contributed by atoms with E-state index in [0.717, 1.165) is 38.5 Å². The van der Waals surface area contributed by atoms with Gasteiger partial charge in [0.2, 0.25) is 0 Å². The Kier molecular flexibility index (Phi) is 9.94. The summed E-state index contributed by atoms with van der Waals surface area (Å²) >= 11 is 3.73. The van der Waals surface area contributed by atoms with Gasteiger partial charge in [0.05, 0.1) is 31.5 Å². The molecule has 1 aliphatic heterocycles. The van der Waals surface area contributed by atoms with E-state index in [4.69, 9.17) is 4.74 Å². The Morgan fingerprint density at radius 1 is 1.32 bits per heavy atom. The zero-order valence-electron chi connectivity index (χ0n) is 17.4. The molecule has 0 spiro atoms. The van der Waals surface area contributed by atoms with Crippen LogP contribution in [0.4, 0.5) is 0 Å². The SMILES string of the molecule is CCCC[C@@H](C)[C@H](O)/C=C/[C@@H]1[C@H]2CC(C(Br)CCCC(=O)OC)O[C@@H]2C[C@H]1O. The zero-order valence-corrected chi connectivity index (χ0v) is 19.0. The molecule has 0 bridgehead atoms. The molecule has 1 heterocycles. The zero-order chi connectivity index (χ0) is 20.7. The number of fused-ring (bicyclic) bond motifs is 1. The summed E-state index contributed by atoms with van der Waals surface area (Å²) in [5.41, 5.74) is 0. The van der Waals surface area contributed by atoms with E-state index < -0.39 is 12.2 Å². The summed E-state index contributed by atoms with van der Waals surface area (Å²) in [5.74, 6) is 0.386. The van der Waals surface area contributed by atoms with Crippen molar-refractivity contribution in [2.45, 2.75) is 94.5 Å². The predicted molar refractivity (Wildman–Crippen MR) is 113 cm³/mol. The number of esters is 1. The van der Waals surface area contributed by atoms with Crippen LogP contribution >= 0.6 is 15.9 Å². The van der Waals surface area contributed by atoms with Gasteiger partial charge in [0.1, 0.15) is 0 Å². The maximum atomic E-state index is 11.3. The average Bonchev–Trinajstić information content (AvgIpc) is 3.21. The first kappa shape index (κ1) is 23.8. The molecule has 28 heavy (non-hydrogen) atoms. The van der Waals surface area contributed by atoms with E-state index in [2.05, 4.69) is 34.5 Å². The smallest absolute Gasteiger partial charge is 0.305 e. The summed E-state index contributed by atoms with van der Waals surface area (Å²) in [7, 11) is 1.41. The minimum Gasteiger partial charge on any atom is -0.469 e. The van der Waals surface area contributed by atoms with Crippen LogP contribution in [0.15, 0.2) is 12.2 Å². The third-order valence-corrected chi connectivity index (χ3v) is 7.41. The third-order valence-electron chi connectivity index (χ3n) is 6.36. The molecule has 2 fully saturated rings. The number of alkyl halides is 1. The molecule has 0 aromatic rings. The van der Waals surface area contributed by atoms with Gasteiger partial charge in [-0.05, 0) is 37.5 Å². The van der Waals surface area contributed by atoms with E-state index in [9.17, 15) is 15.0 Å². The van der Waals surface area contributed by atoms with Crippen LogP contribution in [0.1, 0.15) is 65.2 Å². The number of carbonyl (C=O) groups is 1. The number of rotatable bonds is 11. The number of carbonyl (C=O) groups excluding carboxylic acids is 1. The lowest BCUT2D eigenvalue weighted by Gasteiger charge is -2.21. The van der Waals surface area contributed by atoms with Crippen LogP contribution in [-0.2, 0) is 14.3 Å². The van der Waals surface area contributed by atoms with Gasteiger partial charge in [0, 0.05) is 23.6 Å². The highest BCUT2D eigenvalue weighted by Gasteiger charge is 2.49. The standard InChI is InChI=1S/C22H37BrO5/c1-4-5-7-14(2)18(24)11-10-15-16-12-21(28-20(16)13-19(15)25)17(23)8-6-9-22(26)27-3/h10-11,14-21,24-25H,4-9,12-13H2,1-3H3/b11-10+/t14-,15-,16-,17?,18-,19-,20-,21?/m1/s1. The Morgan fingerprint density at radius 2 is 2.07 bits per heavy atom. The molecular weight excluding hydrogens is 424 g/mol. The molecule has 2 N–H and O–H groups in total. The summed E-state index contributed by atoms with van der Waals surface area (Å²) in [6.07, 6.45) is 10.1. The van der Waals surface area contributed by atoms with Crippen molar-refractivity contribution in [1.82, 2.24) is 0 Å². The Balaban J connectivity index is 1.85. The molecule has 1 aliphatic carbocycles. The lowest BCUT2D eigenvalue weighted by molar-refractivity contribution is -0.140. The Bertz CT molecular complexity index is 511. The molecular formula is C22H37BrO5. The summed E-state index contributed by atoms with van der Waals surface area (Å²) in [4.78, 5) is 11.5. The first-order chi connectivity index (χ1) is 13.4. The van der Waals surface area contributed by atoms with Crippen molar-refractivity contribution in [2.75, 3.05) is 7.11 Å². The molecule has 0 amide bonds. The van der Waals surface area contributed by atoms with Crippen LogP contribution in [0.25, 0.3) is 0 Å². The molecule has 162 valence electrons. The normalized spacial score (nSPS) is 33.0. The molecule has 2 unspecified atom stereocenters. The van der Waals surface area contributed by atoms with Gasteiger partial charge in [0.25, 0.3) is 0 Å². The summed E-state index contributed by atoms with van der Waals surface area (Å²) in [5, 5.41) is 20.9. The molecule has 0 radical (unpaired) electrons. The van der Waals surface area contributed by atoms with E-state index >= 15 is 0 Å². The molecule has 5 nitrogen and oxygen atoms in total. The number of ether oxygens (including phenoxy) is 2. The molecule has 6 heteroatoms. The van der Waals surface area contributed by atoms with E-state index in [1.54, 1.807) is 0 Å². The van der Waals surface area contributed by atoms with Crippen molar-refractivity contribution >= 4 is 21.9 Å². The molecule has 0 aromatic heterocycles. The molecule has 1 saturated heterocycles. The number of hydrogen-bond acceptors (Lipinski definition) is 5. The summed E-state index contributed by atoms with van der Waals surface area (Å²) < 4.78 is 10.9. The predicted octanol–water partition coefficient (Wildman–Crippen LogP) is 3.99. The van der Waals surface area contributed by atoms with Gasteiger partial charge in [0.15, 0.2) is 0 Å². The highest BCUT2D eigenvalue weighted by molar-refractivity contribution is 9.09. The van der Waals surface area contributed by atoms with Crippen molar-refractivity contribution < 1.29 is 24.5 Å². The quantitative estimate of drug-likeness (QED) is 0.277. The van der Waals surface area contributed by atoms with Crippen LogP contribution in [0.5, 0.6) is 0 Å². The topological polar surface area (TPSA) is 76.0 Å². The van der Waals surface area contributed by atoms with Gasteiger partial charge in [-0.1, -0.05) is 54.8 Å². The number of aliphatic hydroxyl groups is 2.